The molecule has 0 aromatic rings. The normalized spacial score (nSPS) is 25.5. The molecule has 0 spiro atoms. The summed E-state index contributed by atoms with van der Waals surface area (Å²) in [5.74, 6) is 0.482. The molecule has 0 aromatic heterocycles. The molecule has 4 heteroatoms. The van der Waals surface area contributed by atoms with Crippen LogP contribution in [0.25, 0.3) is 0 Å². The van der Waals surface area contributed by atoms with Crippen LogP contribution in [0.2, 0.25) is 0 Å². The van der Waals surface area contributed by atoms with Gasteiger partial charge in [-0.05, 0) is 37.5 Å². The Bertz CT molecular complexity index is 273. The van der Waals surface area contributed by atoms with Gasteiger partial charge in [0.2, 0.25) is 5.91 Å². The van der Waals surface area contributed by atoms with E-state index < -0.39 is 11.4 Å². The highest BCUT2D eigenvalue weighted by Gasteiger charge is 2.47. The Kier molecular flexibility index (Phi) is 4.05. The van der Waals surface area contributed by atoms with Gasteiger partial charge >= 0.3 is 0 Å². The minimum absolute atomic E-state index is 0.242. The minimum Gasteiger partial charge on any atom is -0.379 e. The summed E-state index contributed by atoms with van der Waals surface area (Å²) in [6.07, 6.45) is 8.47. The summed E-state index contributed by atoms with van der Waals surface area (Å²) in [4.78, 5) is 11.4. The molecule has 4 N–H and O–H groups in total. The molecule has 1 atom stereocenters. The van der Waals surface area contributed by atoms with E-state index in [0.29, 0.717) is 12.5 Å². The molecular weight excluding hydrogens is 216 g/mol. The van der Waals surface area contributed by atoms with Gasteiger partial charge < -0.3 is 16.2 Å². The van der Waals surface area contributed by atoms with Gasteiger partial charge in [-0.1, -0.05) is 19.3 Å². The van der Waals surface area contributed by atoms with E-state index in [0.717, 1.165) is 19.4 Å². The second-order valence-electron chi connectivity index (χ2n) is 5.70. The van der Waals surface area contributed by atoms with Crippen molar-refractivity contribution >= 4 is 5.91 Å². The third-order valence-corrected chi connectivity index (χ3v) is 4.18. The summed E-state index contributed by atoms with van der Waals surface area (Å²) >= 11 is 0. The predicted molar refractivity (Wildman–Crippen MR) is 66.2 cm³/mol. The fourth-order valence-electron chi connectivity index (χ4n) is 2.74. The van der Waals surface area contributed by atoms with Crippen LogP contribution in [0.3, 0.4) is 0 Å². The third kappa shape index (κ3) is 3.19. The lowest BCUT2D eigenvalue weighted by Crippen LogP contribution is -2.57. The van der Waals surface area contributed by atoms with Crippen molar-refractivity contribution in [3.8, 4) is 0 Å². The Morgan fingerprint density at radius 2 is 1.82 bits per heavy atom. The Morgan fingerprint density at radius 1 is 1.18 bits per heavy atom. The average Bonchev–Trinajstić information content (AvgIpc) is 3.14. The van der Waals surface area contributed by atoms with Gasteiger partial charge in [-0.2, -0.15) is 0 Å². The topological polar surface area (TPSA) is 78.3 Å². The van der Waals surface area contributed by atoms with Crippen LogP contribution in [0.4, 0.5) is 0 Å². The van der Waals surface area contributed by atoms with Crippen molar-refractivity contribution in [2.45, 2.75) is 50.5 Å². The maximum absolute atomic E-state index is 11.4. The molecule has 2 aliphatic rings. The lowest BCUT2D eigenvalue weighted by molar-refractivity contribution is -0.126. The van der Waals surface area contributed by atoms with E-state index in [4.69, 9.17) is 16.2 Å². The van der Waals surface area contributed by atoms with Gasteiger partial charge in [0.15, 0.2) is 0 Å². The third-order valence-electron chi connectivity index (χ3n) is 4.18. The predicted octanol–water partition coefficient (Wildman–Crippen LogP) is 1.18. The van der Waals surface area contributed by atoms with Gasteiger partial charge in [-0.25, -0.2) is 0 Å². The summed E-state index contributed by atoms with van der Waals surface area (Å²) in [5, 5.41) is 0. The minimum atomic E-state index is -0.922. The zero-order valence-electron chi connectivity index (χ0n) is 10.5. The Hall–Kier alpha value is -0.610. The first-order chi connectivity index (χ1) is 8.13. The number of hydrogen-bond acceptors (Lipinski definition) is 3. The average molecular weight is 240 g/mol. The second-order valence-corrected chi connectivity index (χ2v) is 5.70. The van der Waals surface area contributed by atoms with Crippen LogP contribution in [-0.2, 0) is 9.53 Å². The molecule has 1 unspecified atom stereocenters. The number of amides is 1. The van der Waals surface area contributed by atoms with Crippen molar-refractivity contribution in [3.63, 3.8) is 0 Å². The summed E-state index contributed by atoms with van der Waals surface area (Å²) in [5.41, 5.74) is 10.5. The largest absolute Gasteiger partial charge is 0.379 e. The van der Waals surface area contributed by atoms with Crippen LogP contribution in [0, 0.1) is 11.8 Å². The van der Waals surface area contributed by atoms with Crippen LogP contribution in [0.5, 0.6) is 0 Å². The molecule has 0 radical (unpaired) electrons. The number of nitrogens with two attached hydrogens (primary N) is 2. The van der Waals surface area contributed by atoms with Crippen molar-refractivity contribution in [2.24, 2.45) is 23.3 Å². The first kappa shape index (κ1) is 12.8. The number of carbonyl (C=O) groups excluding carboxylic acids is 1. The zero-order chi connectivity index (χ0) is 12.3. The van der Waals surface area contributed by atoms with Crippen molar-refractivity contribution in [1.82, 2.24) is 0 Å². The molecule has 4 nitrogen and oxygen atoms in total. The van der Waals surface area contributed by atoms with Crippen LogP contribution in [-0.4, -0.2) is 24.7 Å². The summed E-state index contributed by atoms with van der Waals surface area (Å²) < 4.78 is 5.68. The number of hydrogen-bond donors (Lipinski definition) is 2. The number of ether oxygens (including phenoxy) is 1. The SMILES string of the molecule is NC(=O)C(N)(COCC1CCCCC1)C1CC1. The van der Waals surface area contributed by atoms with E-state index in [1.807, 2.05) is 0 Å². The number of rotatable bonds is 6. The van der Waals surface area contributed by atoms with Crippen molar-refractivity contribution < 1.29 is 9.53 Å². The van der Waals surface area contributed by atoms with Crippen LogP contribution < -0.4 is 11.5 Å². The van der Waals surface area contributed by atoms with E-state index in [-0.39, 0.29) is 5.92 Å². The van der Waals surface area contributed by atoms with Crippen LogP contribution in [0.1, 0.15) is 44.9 Å². The van der Waals surface area contributed by atoms with Gasteiger partial charge in [0.05, 0.1) is 6.61 Å². The molecule has 1 amide bonds. The van der Waals surface area contributed by atoms with Gasteiger partial charge in [-0.3, -0.25) is 4.79 Å². The summed E-state index contributed by atoms with van der Waals surface area (Å²) in [6.45, 7) is 1.03. The molecule has 2 aliphatic carbocycles. The maximum Gasteiger partial charge on any atom is 0.240 e. The summed E-state index contributed by atoms with van der Waals surface area (Å²) in [6, 6.07) is 0. The second kappa shape index (κ2) is 5.36. The first-order valence-electron chi connectivity index (χ1n) is 6.79. The van der Waals surface area contributed by atoms with Crippen molar-refractivity contribution in [2.75, 3.05) is 13.2 Å². The highest BCUT2D eigenvalue weighted by molar-refractivity contribution is 5.85. The fraction of sp³-hybridized carbons (Fsp3) is 0.923. The zero-order valence-corrected chi connectivity index (χ0v) is 10.5. The smallest absolute Gasteiger partial charge is 0.240 e. The first-order valence-corrected chi connectivity index (χ1v) is 6.79. The van der Waals surface area contributed by atoms with Gasteiger partial charge in [-0.15, -0.1) is 0 Å². The maximum atomic E-state index is 11.4. The molecule has 2 saturated carbocycles. The van der Waals surface area contributed by atoms with Gasteiger partial charge in [0, 0.05) is 6.61 Å². The highest BCUT2D eigenvalue weighted by atomic mass is 16.5. The molecule has 17 heavy (non-hydrogen) atoms. The lowest BCUT2D eigenvalue weighted by Gasteiger charge is -2.27. The van der Waals surface area contributed by atoms with Crippen LogP contribution >= 0.6 is 0 Å². The quantitative estimate of drug-likeness (QED) is 0.731. The van der Waals surface area contributed by atoms with Crippen molar-refractivity contribution in [3.05, 3.63) is 0 Å². The lowest BCUT2D eigenvalue weighted by atomic mass is 9.90. The molecule has 0 bridgehead atoms. The van der Waals surface area contributed by atoms with E-state index in [1.165, 1.54) is 32.1 Å². The van der Waals surface area contributed by atoms with Crippen molar-refractivity contribution in [1.29, 1.82) is 0 Å². The Balaban J connectivity index is 1.73. The Labute approximate surface area is 103 Å². The van der Waals surface area contributed by atoms with E-state index >= 15 is 0 Å². The molecular formula is C13H24N2O2. The molecule has 2 rings (SSSR count). The number of primary amides is 1. The number of carbonyl (C=O) groups is 1. The molecule has 0 aliphatic heterocycles. The van der Waals surface area contributed by atoms with E-state index in [2.05, 4.69) is 0 Å². The molecule has 0 saturated heterocycles. The molecule has 2 fully saturated rings. The monoisotopic (exact) mass is 240 g/mol. The van der Waals surface area contributed by atoms with E-state index in [1.54, 1.807) is 0 Å². The fourth-order valence-corrected chi connectivity index (χ4v) is 2.74. The molecule has 98 valence electrons. The molecule has 0 aromatic carbocycles. The van der Waals surface area contributed by atoms with E-state index in [9.17, 15) is 4.79 Å². The van der Waals surface area contributed by atoms with Crippen LogP contribution in [0.15, 0.2) is 0 Å². The Morgan fingerprint density at radius 3 is 2.35 bits per heavy atom. The highest BCUT2D eigenvalue weighted by Crippen LogP contribution is 2.38. The van der Waals surface area contributed by atoms with Gasteiger partial charge in [0.25, 0.3) is 0 Å². The van der Waals surface area contributed by atoms with Gasteiger partial charge in [0.1, 0.15) is 5.54 Å². The standard InChI is InChI=1S/C13H24N2O2/c14-12(16)13(15,11-6-7-11)9-17-8-10-4-2-1-3-5-10/h10-11H,1-9,15H2,(H2,14,16). The molecule has 0 heterocycles. The summed E-state index contributed by atoms with van der Waals surface area (Å²) in [7, 11) is 0.